The molecule has 6 nitrogen and oxygen atoms in total. The Hall–Kier alpha value is -2.31. The maximum absolute atomic E-state index is 12.1. The lowest BCUT2D eigenvalue weighted by molar-refractivity contribution is -0.123. The number of ether oxygens (including phenoxy) is 2. The molecule has 0 radical (unpaired) electrons. The number of benzene rings is 1. The highest BCUT2D eigenvalue weighted by molar-refractivity contribution is 5.77. The lowest BCUT2D eigenvalue weighted by atomic mass is 10.1. The molecule has 1 N–H and O–H groups in total. The first-order valence-electron chi connectivity index (χ1n) is 8.54. The quantitative estimate of drug-likeness (QED) is 0.834. The molecular formula is C19H24N2O4. The zero-order valence-corrected chi connectivity index (χ0v) is 14.4. The van der Waals surface area contributed by atoms with Crippen LogP contribution in [-0.2, 0) is 9.53 Å². The van der Waals surface area contributed by atoms with E-state index in [0.29, 0.717) is 25.5 Å². The van der Waals surface area contributed by atoms with Crippen LogP contribution >= 0.6 is 0 Å². The highest BCUT2D eigenvalue weighted by Crippen LogP contribution is 2.21. The zero-order chi connectivity index (χ0) is 17.5. The van der Waals surface area contributed by atoms with Gasteiger partial charge in [0.2, 0.25) is 0 Å². The minimum Gasteiger partial charge on any atom is -0.484 e. The van der Waals surface area contributed by atoms with Crippen LogP contribution < -0.4 is 10.1 Å². The van der Waals surface area contributed by atoms with Crippen molar-refractivity contribution in [2.45, 2.75) is 13.0 Å². The smallest absolute Gasteiger partial charge is 0.258 e. The predicted octanol–water partition coefficient (Wildman–Crippen LogP) is 2.16. The van der Waals surface area contributed by atoms with Gasteiger partial charge in [-0.1, -0.05) is 17.7 Å². The molecule has 3 rings (SSSR count). The van der Waals surface area contributed by atoms with Crippen LogP contribution in [0.3, 0.4) is 0 Å². The van der Waals surface area contributed by atoms with Crippen LogP contribution in [0.15, 0.2) is 47.1 Å². The molecule has 1 aromatic heterocycles. The molecule has 1 aliphatic rings. The summed E-state index contributed by atoms with van der Waals surface area (Å²) in [5, 5.41) is 2.94. The molecule has 1 atom stereocenters. The Morgan fingerprint density at radius 2 is 2.00 bits per heavy atom. The fourth-order valence-electron chi connectivity index (χ4n) is 2.82. The van der Waals surface area contributed by atoms with Crippen molar-refractivity contribution in [2.24, 2.45) is 0 Å². The second-order valence-corrected chi connectivity index (χ2v) is 6.09. The van der Waals surface area contributed by atoms with Gasteiger partial charge in [0.25, 0.3) is 5.91 Å². The van der Waals surface area contributed by atoms with E-state index in [1.807, 2.05) is 43.3 Å². The number of carbonyl (C=O) groups excluding carboxylic acids is 1. The molecule has 1 saturated heterocycles. The van der Waals surface area contributed by atoms with E-state index in [4.69, 9.17) is 13.9 Å². The Bertz CT molecular complexity index is 649. The molecule has 1 amide bonds. The van der Waals surface area contributed by atoms with Crippen LogP contribution in [0.1, 0.15) is 17.4 Å². The number of hydrogen-bond acceptors (Lipinski definition) is 5. The fraction of sp³-hybridized carbons (Fsp3) is 0.421. The number of aryl methyl sites for hydroxylation is 1. The summed E-state index contributed by atoms with van der Waals surface area (Å²) in [4.78, 5) is 14.4. The largest absolute Gasteiger partial charge is 0.484 e. The standard InChI is InChI=1S/C19H24N2O4/c1-15-4-6-16(7-5-15)25-14-19(22)20-13-17(18-3-2-10-24-18)21-8-11-23-12-9-21/h2-7,10,17H,8-9,11-14H2,1H3,(H,20,22)/t17-/m0/s1. The second kappa shape index (κ2) is 8.69. The van der Waals surface area contributed by atoms with Gasteiger partial charge in [-0.3, -0.25) is 9.69 Å². The summed E-state index contributed by atoms with van der Waals surface area (Å²) < 4.78 is 16.5. The van der Waals surface area contributed by atoms with Gasteiger partial charge in [0.05, 0.1) is 25.5 Å². The van der Waals surface area contributed by atoms with E-state index in [-0.39, 0.29) is 18.6 Å². The molecule has 134 valence electrons. The Labute approximate surface area is 147 Å². The first-order valence-corrected chi connectivity index (χ1v) is 8.54. The van der Waals surface area contributed by atoms with Crippen LogP contribution in [0.2, 0.25) is 0 Å². The molecule has 6 heteroatoms. The molecule has 1 aliphatic heterocycles. The monoisotopic (exact) mass is 344 g/mol. The molecule has 1 fully saturated rings. The van der Waals surface area contributed by atoms with Gasteiger partial charge in [0.15, 0.2) is 6.61 Å². The number of rotatable bonds is 7. The van der Waals surface area contributed by atoms with Crippen molar-refractivity contribution in [3.8, 4) is 5.75 Å². The first-order chi connectivity index (χ1) is 12.2. The average Bonchev–Trinajstić information content (AvgIpc) is 3.17. The maximum atomic E-state index is 12.1. The molecule has 2 aromatic rings. The van der Waals surface area contributed by atoms with Crippen LogP contribution in [0.5, 0.6) is 5.75 Å². The van der Waals surface area contributed by atoms with Crippen molar-refractivity contribution in [2.75, 3.05) is 39.5 Å². The number of hydrogen-bond donors (Lipinski definition) is 1. The lowest BCUT2D eigenvalue weighted by Crippen LogP contribution is -2.44. The number of amides is 1. The summed E-state index contributed by atoms with van der Waals surface area (Å²) in [6.07, 6.45) is 1.66. The fourth-order valence-corrected chi connectivity index (χ4v) is 2.82. The predicted molar refractivity (Wildman–Crippen MR) is 93.5 cm³/mol. The highest BCUT2D eigenvalue weighted by atomic mass is 16.5. The van der Waals surface area contributed by atoms with E-state index in [9.17, 15) is 4.79 Å². The third kappa shape index (κ3) is 5.08. The van der Waals surface area contributed by atoms with E-state index in [0.717, 1.165) is 24.4 Å². The van der Waals surface area contributed by atoms with E-state index < -0.39 is 0 Å². The van der Waals surface area contributed by atoms with E-state index in [1.165, 1.54) is 0 Å². The molecular weight excluding hydrogens is 320 g/mol. The summed E-state index contributed by atoms with van der Waals surface area (Å²) in [5.41, 5.74) is 1.16. The van der Waals surface area contributed by atoms with Crippen molar-refractivity contribution >= 4 is 5.91 Å². The SMILES string of the molecule is Cc1ccc(OCC(=O)NC[C@@H](c2ccco2)N2CCOCC2)cc1. The Morgan fingerprint density at radius 1 is 1.24 bits per heavy atom. The molecule has 0 aliphatic carbocycles. The second-order valence-electron chi connectivity index (χ2n) is 6.09. The van der Waals surface area contributed by atoms with E-state index >= 15 is 0 Å². The molecule has 0 spiro atoms. The van der Waals surface area contributed by atoms with Gasteiger partial charge in [0, 0.05) is 19.6 Å². The van der Waals surface area contributed by atoms with Gasteiger partial charge < -0.3 is 19.2 Å². The average molecular weight is 344 g/mol. The summed E-state index contributed by atoms with van der Waals surface area (Å²) in [7, 11) is 0. The molecule has 2 heterocycles. The van der Waals surface area contributed by atoms with Gasteiger partial charge in [-0.2, -0.15) is 0 Å². The number of morpholine rings is 1. The summed E-state index contributed by atoms with van der Waals surface area (Å²) >= 11 is 0. The minimum atomic E-state index is -0.148. The summed E-state index contributed by atoms with van der Waals surface area (Å²) in [5.74, 6) is 1.39. The molecule has 0 bridgehead atoms. The maximum Gasteiger partial charge on any atom is 0.258 e. The highest BCUT2D eigenvalue weighted by Gasteiger charge is 2.25. The van der Waals surface area contributed by atoms with Crippen LogP contribution in [0.25, 0.3) is 0 Å². The third-order valence-electron chi connectivity index (χ3n) is 4.24. The van der Waals surface area contributed by atoms with Crippen molar-refractivity contribution in [1.82, 2.24) is 10.2 Å². The van der Waals surface area contributed by atoms with Gasteiger partial charge in [-0.25, -0.2) is 0 Å². The van der Waals surface area contributed by atoms with Crippen LogP contribution in [-0.4, -0.2) is 50.3 Å². The van der Waals surface area contributed by atoms with Gasteiger partial charge >= 0.3 is 0 Å². The Morgan fingerprint density at radius 3 is 2.68 bits per heavy atom. The van der Waals surface area contributed by atoms with Crippen LogP contribution in [0.4, 0.5) is 0 Å². The normalized spacial score (nSPS) is 16.4. The zero-order valence-electron chi connectivity index (χ0n) is 14.4. The Kier molecular flexibility index (Phi) is 6.09. The molecule has 1 aromatic carbocycles. The Balaban J connectivity index is 1.51. The minimum absolute atomic E-state index is 0.00206. The number of carbonyl (C=O) groups is 1. The van der Waals surface area contributed by atoms with Crippen molar-refractivity contribution in [3.63, 3.8) is 0 Å². The van der Waals surface area contributed by atoms with E-state index in [1.54, 1.807) is 6.26 Å². The number of furan rings is 1. The number of nitrogens with one attached hydrogen (secondary N) is 1. The van der Waals surface area contributed by atoms with Crippen molar-refractivity contribution in [3.05, 3.63) is 54.0 Å². The summed E-state index contributed by atoms with van der Waals surface area (Å²) in [6, 6.07) is 11.4. The van der Waals surface area contributed by atoms with Crippen molar-refractivity contribution in [1.29, 1.82) is 0 Å². The molecule has 25 heavy (non-hydrogen) atoms. The van der Waals surface area contributed by atoms with Gasteiger partial charge in [-0.05, 0) is 31.2 Å². The topological polar surface area (TPSA) is 63.9 Å². The molecule has 0 unspecified atom stereocenters. The summed E-state index contributed by atoms with van der Waals surface area (Å²) in [6.45, 7) is 5.52. The third-order valence-corrected chi connectivity index (χ3v) is 4.24. The van der Waals surface area contributed by atoms with Crippen LogP contribution in [0, 0.1) is 6.92 Å². The lowest BCUT2D eigenvalue weighted by Gasteiger charge is -2.33. The van der Waals surface area contributed by atoms with E-state index in [2.05, 4.69) is 10.2 Å². The van der Waals surface area contributed by atoms with Gasteiger partial charge in [-0.15, -0.1) is 0 Å². The first kappa shape index (κ1) is 17.5. The van der Waals surface area contributed by atoms with Crippen molar-refractivity contribution < 1.29 is 18.7 Å². The van der Waals surface area contributed by atoms with Gasteiger partial charge in [0.1, 0.15) is 11.5 Å². The molecule has 0 saturated carbocycles. The number of nitrogens with zero attached hydrogens (tertiary/aromatic N) is 1.